The van der Waals surface area contributed by atoms with Crippen LogP contribution < -0.4 is 16.0 Å². The number of nitrogens with two attached hydrogens (primary N) is 1. The SMILES string of the molecule is CN(CC(=O)Nc1ccccc1C(N)=O)c1nc2c(F)cccc2s1. The van der Waals surface area contributed by atoms with E-state index < -0.39 is 11.7 Å². The quantitative estimate of drug-likeness (QED) is 0.734. The number of anilines is 2. The fraction of sp³-hybridized carbons (Fsp3) is 0.118. The lowest BCUT2D eigenvalue weighted by molar-refractivity contribution is -0.114. The van der Waals surface area contributed by atoms with Crippen LogP contribution in [0.1, 0.15) is 10.4 Å². The number of primary amides is 1. The number of carbonyl (C=O) groups is 2. The molecule has 0 spiro atoms. The number of carbonyl (C=O) groups excluding carboxylic acids is 2. The van der Waals surface area contributed by atoms with Crippen LogP contribution in [-0.2, 0) is 4.79 Å². The first-order valence-corrected chi connectivity index (χ1v) is 8.22. The number of fused-ring (bicyclic) bond motifs is 1. The molecule has 0 aliphatic heterocycles. The van der Waals surface area contributed by atoms with E-state index in [0.717, 1.165) is 0 Å². The Morgan fingerprint density at radius 2 is 2.00 bits per heavy atom. The lowest BCUT2D eigenvalue weighted by Crippen LogP contribution is -2.30. The Hall–Kier alpha value is -3.00. The zero-order chi connectivity index (χ0) is 18.0. The molecular weight excluding hydrogens is 343 g/mol. The highest BCUT2D eigenvalue weighted by Crippen LogP contribution is 2.29. The fourth-order valence-electron chi connectivity index (χ4n) is 2.35. The van der Waals surface area contributed by atoms with E-state index in [4.69, 9.17) is 5.73 Å². The maximum absolute atomic E-state index is 13.7. The van der Waals surface area contributed by atoms with Gasteiger partial charge in [0.1, 0.15) is 11.3 Å². The van der Waals surface area contributed by atoms with Crippen LogP contribution in [0.2, 0.25) is 0 Å². The van der Waals surface area contributed by atoms with E-state index in [1.54, 1.807) is 42.3 Å². The Morgan fingerprint density at radius 3 is 2.72 bits per heavy atom. The summed E-state index contributed by atoms with van der Waals surface area (Å²) in [5, 5.41) is 3.19. The number of hydrogen-bond acceptors (Lipinski definition) is 5. The van der Waals surface area contributed by atoms with Crippen molar-refractivity contribution in [2.24, 2.45) is 5.73 Å². The van der Waals surface area contributed by atoms with Crippen molar-refractivity contribution >= 4 is 44.2 Å². The van der Waals surface area contributed by atoms with Crippen molar-refractivity contribution in [3.05, 3.63) is 53.8 Å². The number of likely N-dealkylation sites (N-methyl/N-ethyl adjacent to an activating group) is 1. The van der Waals surface area contributed by atoms with Crippen molar-refractivity contribution in [3.8, 4) is 0 Å². The van der Waals surface area contributed by atoms with Crippen LogP contribution in [0.3, 0.4) is 0 Å². The molecule has 2 aromatic carbocycles. The lowest BCUT2D eigenvalue weighted by Gasteiger charge is -2.16. The summed E-state index contributed by atoms with van der Waals surface area (Å²) in [7, 11) is 1.69. The highest BCUT2D eigenvalue weighted by molar-refractivity contribution is 7.22. The Kier molecular flexibility index (Phi) is 4.62. The number of amides is 2. The summed E-state index contributed by atoms with van der Waals surface area (Å²) in [5.74, 6) is -1.35. The molecule has 3 aromatic rings. The van der Waals surface area contributed by atoms with E-state index in [1.165, 1.54) is 23.5 Å². The van der Waals surface area contributed by atoms with Gasteiger partial charge in [0, 0.05) is 7.05 Å². The summed E-state index contributed by atoms with van der Waals surface area (Å²) in [5.41, 5.74) is 6.17. The number of nitrogens with zero attached hydrogens (tertiary/aromatic N) is 2. The van der Waals surface area contributed by atoms with Crippen LogP contribution in [0.25, 0.3) is 10.2 Å². The van der Waals surface area contributed by atoms with Crippen LogP contribution in [0, 0.1) is 5.82 Å². The maximum Gasteiger partial charge on any atom is 0.250 e. The number of halogens is 1. The lowest BCUT2D eigenvalue weighted by atomic mass is 10.1. The molecule has 1 aromatic heterocycles. The Balaban J connectivity index is 1.74. The van der Waals surface area contributed by atoms with Gasteiger partial charge in [-0.15, -0.1) is 0 Å². The molecule has 0 aliphatic carbocycles. The molecule has 25 heavy (non-hydrogen) atoms. The average molecular weight is 358 g/mol. The third-order valence-corrected chi connectivity index (χ3v) is 4.67. The van der Waals surface area contributed by atoms with Gasteiger partial charge in [0.05, 0.1) is 22.5 Å². The van der Waals surface area contributed by atoms with Crippen molar-refractivity contribution in [2.75, 3.05) is 23.8 Å². The summed E-state index contributed by atoms with van der Waals surface area (Å²) in [6.45, 7) is -0.00542. The van der Waals surface area contributed by atoms with Gasteiger partial charge in [0.2, 0.25) is 5.91 Å². The van der Waals surface area contributed by atoms with Crippen LogP contribution in [-0.4, -0.2) is 30.4 Å². The van der Waals surface area contributed by atoms with Gasteiger partial charge in [-0.05, 0) is 24.3 Å². The molecule has 2 amide bonds. The van der Waals surface area contributed by atoms with Gasteiger partial charge in [-0.25, -0.2) is 9.37 Å². The van der Waals surface area contributed by atoms with Gasteiger partial charge in [0.25, 0.3) is 5.91 Å². The van der Waals surface area contributed by atoms with Crippen LogP contribution >= 0.6 is 11.3 Å². The fourth-order valence-corrected chi connectivity index (χ4v) is 3.29. The molecule has 0 saturated heterocycles. The van der Waals surface area contributed by atoms with Gasteiger partial charge in [-0.2, -0.15) is 0 Å². The van der Waals surface area contributed by atoms with Crippen molar-refractivity contribution in [1.29, 1.82) is 0 Å². The van der Waals surface area contributed by atoms with Gasteiger partial charge in [-0.3, -0.25) is 9.59 Å². The Bertz CT molecular complexity index is 957. The highest BCUT2D eigenvalue weighted by Gasteiger charge is 2.15. The monoisotopic (exact) mass is 358 g/mol. The smallest absolute Gasteiger partial charge is 0.250 e. The van der Waals surface area contributed by atoms with Crippen molar-refractivity contribution in [1.82, 2.24) is 4.98 Å². The minimum atomic E-state index is -0.620. The zero-order valence-electron chi connectivity index (χ0n) is 13.3. The predicted octanol–water partition coefficient (Wildman–Crippen LogP) is 2.61. The van der Waals surface area contributed by atoms with E-state index in [0.29, 0.717) is 15.5 Å². The van der Waals surface area contributed by atoms with Crippen molar-refractivity contribution in [3.63, 3.8) is 0 Å². The molecule has 1 heterocycles. The molecule has 0 bridgehead atoms. The predicted molar refractivity (Wildman–Crippen MR) is 96.4 cm³/mol. The summed E-state index contributed by atoms with van der Waals surface area (Å²) in [4.78, 5) is 29.5. The van der Waals surface area contributed by atoms with Crippen molar-refractivity contribution in [2.45, 2.75) is 0 Å². The van der Waals surface area contributed by atoms with E-state index in [-0.39, 0.29) is 23.5 Å². The van der Waals surface area contributed by atoms with Gasteiger partial charge >= 0.3 is 0 Å². The minimum absolute atomic E-state index is 0.00542. The summed E-state index contributed by atoms with van der Waals surface area (Å²) in [6, 6.07) is 11.2. The molecule has 0 saturated carbocycles. The van der Waals surface area contributed by atoms with Crippen LogP contribution in [0.15, 0.2) is 42.5 Å². The summed E-state index contributed by atoms with van der Waals surface area (Å²) >= 11 is 1.30. The molecule has 3 rings (SSSR count). The second-order valence-electron chi connectivity index (χ2n) is 5.40. The number of nitrogens with one attached hydrogen (secondary N) is 1. The topological polar surface area (TPSA) is 88.3 Å². The second kappa shape index (κ2) is 6.86. The zero-order valence-corrected chi connectivity index (χ0v) is 14.1. The Morgan fingerprint density at radius 1 is 1.24 bits per heavy atom. The van der Waals surface area contributed by atoms with Crippen LogP contribution in [0.5, 0.6) is 0 Å². The molecule has 0 fully saturated rings. The standard InChI is InChI=1S/C17H15FN4O2S/c1-22(17-21-15-11(18)6-4-8-13(15)25-17)9-14(23)20-12-7-3-2-5-10(12)16(19)24/h2-8H,9H2,1H3,(H2,19,24)(H,20,23). The number of rotatable bonds is 5. The molecule has 8 heteroatoms. The van der Waals surface area contributed by atoms with Gasteiger partial charge in [-0.1, -0.05) is 29.5 Å². The molecule has 0 aliphatic rings. The molecule has 128 valence electrons. The van der Waals surface area contributed by atoms with Crippen molar-refractivity contribution < 1.29 is 14.0 Å². The van der Waals surface area contributed by atoms with E-state index >= 15 is 0 Å². The number of hydrogen-bond donors (Lipinski definition) is 2. The van der Waals surface area contributed by atoms with E-state index in [9.17, 15) is 14.0 Å². The molecule has 6 nitrogen and oxygen atoms in total. The largest absolute Gasteiger partial charge is 0.366 e. The average Bonchev–Trinajstić information content (AvgIpc) is 3.01. The number of thiazole rings is 1. The minimum Gasteiger partial charge on any atom is -0.366 e. The normalized spacial score (nSPS) is 10.6. The highest BCUT2D eigenvalue weighted by atomic mass is 32.1. The van der Waals surface area contributed by atoms with Gasteiger partial charge in [0.15, 0.2) is 5.13 Å². The first-order valence-electron chi connectivity index (χ1n) is 7.40. The van der Waals surface area contributed by atoms with E-state index in [2.05, 4.69) is 10.3 Å². The molecular formula is C17H15FN4O2S. The number of aromatic nitrogens is 1. The maximum atomic E-state index is 13.7. The second-order valence-corrected chi connectivity index (χ2v) is 6.41. The molecule has 0 radical (unpaired) electrons. The first-order chi connectivity index (χ1) is 12.0. The first kappa shape index (κ1) is 16.8. The summed E-state index contributed by atoms with van der Waals surface area (Å²) < 4.78 is 14.4. The van der Waals surface area contributed by atoms with Crippen LogP contribution in [0.4, 0.5) is 15.2 Å². The number of para-hydroxylation sites is 2. The molecule has 0 unspecified atom stereocenters. The summed E-state index contributed by atoms with van der Waals surface area (Å²) in [6.07, 6.45) is 0. The van der Waals surface area contributed by atoms with E-state index in [1.807, 2.05) is 0 Å². The number of benzene rings is 2. The Labute approximate surface area is 147 Å². The molecule has 0 atom stereocenters. The van der Waals surface area contributed by atoms with Gasteiger partial charge < -0.3 is 16.0 Å². The molecule has 3 N–H and O–H groups in total. The third kappa shape index (κ3) is 3.58. The third-order valence-electron chi connectivity index (χ3n) is 3.53.